The third-order valence-corrected chi connectivity index (χ3v) is 3.75. The van der Waals surface area contributed by atoms with E-state index in [2.05, 4.69) is 44.0 Å². The normalized spacial score (nSPS) is 10.3. The van der Waals surface area contributed by atoms with Crippen molar-refractivity contribution in [3.05, 3.63) is 71.9 Å². The highest BCUT2D eigenvalue weighted by Crippen LogP contribution is 2.17. The number of rotatable bonds is 8. The van der Waals surface area contributed by atoms with Crippen molar-refractivity contribution in [2.45, 2.75) is 13.0 Å². The van der Waals surface area contributed by atoms with Crippen molar-refractivity contribution in [1.82, 2.24) is 15.2 Å². The summed E-state index contributed by atoms with van der Waals surface area (Å²) in [7, 11) is 1.69. The number of ether oxygens (including phenoxy) is 1. The average Bonchev–Trinajstić information content (AvgIpc) is 2.68. The van der Waals surface area contributed by atoms with Gasteiger partial charge in [0.1, 0.15) is 5.75 Å². The van der Waals surface area contributed by atoms with Gasteiger partial charge in [0, 0.05) is 13.1 Å². The zero-order chi connectivity index (χ0) is 17.3. The summed E-state index contributed by atoms with van der Waals surface area (Å²) in [4.78, 5) is 4.43. The lowest BCUT2D eigenvalue weighted by Crippen LogP contribution is -2.10. The van der Waals surface area contributed by atoms with Crippen LogP contribution in [0.4, 0.5) is 11.8 Å². The second kappa shape index (κ2) is 8.63. The van der Waals surface area contributed by atoms with Crippen LogP contribution < -0.4 is 15.4 Å². The summed E-state index contributed by atoms with van der Waals surface area (Å²) in [5, 5.41) is 14.5. The molecule has 2 N–H and O–H groups in total. The van der Waals surface area contributed by atoms with Crippen molar-refractivity contribution in [3.63, 3.8) is 0 Å². The van der Waals surface area contributed by atoms with Gasteiger partial charge in [0.2, 0.25) is 5.95 Å². The molecule has 0 aliphatic carbocycles. The van der Waals surface area contributed by atoms with Crippen LogP contribution in [0.2, 0.25) is 0 Å². The number of para-hydroxylation sites is 1. The monoisotopic (exact) mass is 335 g/mol. The van der Waals surface area contributed by atoms with E-state index >= 15 is 0 Å². The third kappa shape index (κ3) is 4.91. The minimum absolute atomic E-state index is 0.506. The molecule has 128 valence electrons. The summed E-state index contributed by atoms with van der Waals surface area (Å²) in [6, 6.07) is 18.1. The molecule has 0 radical (unpaired) electrons. The van der Waals surface area contributed by atoms with Crippen molar-refractivity contribution in [3.8, 4) is 5.75 Å². The summed E-state index contributed by atoms with van der Waals surface area (Å²) in [6.07, 6.45) is 2.46. The largest absolute Gasteiger partial charge is 0.496 e. The van der Waals surface area contributed by atoms with Crippen molar-refractivity contribution >= 4 is 11.8 Å². The van der Waals surface area contributed by atoms with Crippen LogP contribution in [0, 0.1) is 0 Å². The molecule has 6 nitrogen and oxygen atoms in total. The molecule has 0 aliphatic rings. The number of benzene rings is 2. The molecular formula is C19H21N5O. The lowest BCUT2D eigenvalue weighted by Gasteiger charge is -2.10. The van der Waals surface area contributed by atoms with E-state index in [0.29, 0.717) is 18.3 Å². The Bertz CT molecular complexity index is 795. The van der Waals surface area contributed by atoms with Crippen LogP contribution in [0.5, 0.6) is 5.75 Å². The third-order valence-electron chi connectivity index (χ3n) is 3.75. The van der Waals surface area contributed by atoms with Crippen LogP contribution in [0.15, 0.2) is 60.8 Å². The van der Waals surface area contributed by atoms with E-state index < -0.39 is 0 Å². The minimum Gasteiger partial charge on any atom is -0.496 e. The molecule has 6 heteroatoms. The van der Waals surface area contributed by atoms with Crippen LogP contribution in [0.1, 0.15) is 11.1 Å². The Balaban J connectivity index is 1.53. The summed E-state index contributed by atoms with van der Waals surface area (Å²) in [5.74, 6) is 2.10. The second-order valence-electron chi connectivity index (χ2n) is 5.49. The van der Waals surface area contributed by atoms with Gasteiger partial charge in [-0.15, -0.1) is 5.10 Å². The van der Waals surface area contributed by atoms with Crippen LogP contribution >= 0.6 is 0 Å². The Morgan fingerprint density at radius 2 is 1.76 bits per heavy atom. The van der Waals surface area contributed by atoms with E-state index in [9.17, 15) is 0 Å². The number of hydrogen-bond donors (Lipinski definition) is 2. The van der Waals surface area contributed by atoms with E-state index in [1.54, 1.807) is 13.3 Å². The molecule has 0 aliphatic heterocycles. The Kier molecular flexibility index (Phi) is 5.77. The van der Waals surface area contributed by atoms with E-state index in [4.69, 9.17) is 4.74 Å². The molecule has 3 rings (SSSR count). The molecule has 2 aromatic carbocycles. The van der Waals surface area contributed by atoms with E-state index in [0.717, 1.165) is 24.3 Å². The molecule has 0 fully saturated rings. The molecule has 0 unspecified atom stereocenters. The first-order valence-corrected chi connectivity index (χ1v) is 8.18. The molecule has 0 bridgehead atoms. The minimum atomic E-state index is 0.506. The number of anilines is 2. The number of hydrogen-bond acceptors (Lipinski definition) is 6. The standard InChI is InChI=1S/C19H21N5O/c1-25-17-10-6-5-9-16(17)11-12-20-18-14-22-24-19(23-18)21-13-15-7-3-2-4-8-15/h2-10,14H,11-13H2,1H3,(H2,20,21,23,24). The zero-order valence-electron chi connectivity index (χ0n) is 14.1. The Labute approximate surface area is 147 Å². The molecule has 1 heterocycles. The fourth-order valence-corrected chi connectivity index (χ4v) is 2.48. The van der Waals surface area contributed by atoms with Gasteiger partial charge in [-0.2, -0.15) is 10.1 Å². The van der Waals surface area contributed by atoms with E-state index in [1.165, 1.54) is 5.56 Å². The fraction of sp³-hybridized carbons (Fsp3) is 0.211. The number of methoxy groups -OCH3 is 1. The summed E-state index contributed by atoms with van der Waals surface area (Å²) in [5.41, 5.74) is 2.32. The lowest BCUT2D eigenvalue weighted by atomic mass is 10.1. The van der Waals surface area contributed by atoms with Gasteiger partial charge in [0.15, 0.2) is 5.82 Å². The SMILES string of the molecule is COc1ccccc1CCNc1cnnc(NCc2ccccc2)n1. The Hall–Kier alpha value is -3.15. The zero-order valence-corrected chi connectivity index (χ0v) is 14.1. The van der Waals surface area contributed by atoms with Crippen LogP contribution in [-0.2, 0) is 13.0 Å². The van der Waals surface area contributed by atoms with Crippen LogP contribution in [0.3, 0.4) is 0 Å². The Morgan fingerprint density at radius 1 is 0.960 bits per heavy atom. The molecule has 0 saturated heterocycles. The predicted octanol–water partition coefficient (Wildman–Crippen LogP) is 3.15. The highest BCUT2D eigenvalue weighted by Gasteiger charge is 2.03. The van der Waals surface area contributed by atoms with Gasteiger partial charge in [-0.3, -0.25) is 0 Å². The highest BCUT2D eigenvalue weighted by molar-refractivity contribution is 5.39. The highest BCUT2D eigenvalue weighted by atomic mass is 16.5. The van der Waals surface area contributed by atoms with Crippen LogP contribution in [0.25, 0.3) is 0 Å². The molecule has 1 aromatic heterocycles. The molecule has 25 heavy (non-hydrogen) atoms. The molecule has 0 amide bonds. The number of nitrogens with one attached hydrogen (secondary N) is 2. The average molecular weight is 335 g/mol. The summed E-state index contributed by atoms with van der Waals surface area (Å²) < 4.78 is 5.37. The Morgan fingerprint density at radius 3 is 2.60 bits per heavy atom. The van der Waals surface area contributed by atoms with Gasteiger partial charge < -0.3 is 15.4 Å². The maximum absolute atomic E-state index is 5.37. The van der Waals surface area contributed by atoms with Gasteiger partial charge in [0.05, 0.1) is 13.3 Å². The molecule has 0 atom stereocenters. The lowest BCUT2D eigenvalue weighted by molar-refractivity contribution is 0.410. The van der Waals surface area contributed by atoms with Gasteiger partial charge in [-0.05, 0) is 23.6 Å². The first kappa shape index (κ1) is 16.7. The van der Waals surface area contributed by atoms with Gasteiger partial charge >= 0.3 is 0 Å². The summed E-state index contributed by atoms with van der Waals surface area (Å²) in [6.45, 7) is 1.39. The van der Waals surface area contributed by atoms with Crippen LogP contribution in [-0.4, -0.2) is 28.8 Å². The maximum Gasteiger partial charge on any atom is 0.244 e. The van der Waals surface area contributed by atoms with Crippen molar-refractivity contribution in [2.24, 2.45) is 0 Å². The molecule has 3 aromatic rings. The molecular weight excluding hydrogens is 314 g/mol. The first-order chi connectivity index (χ1) is 12.3. The fourth-order valence-electron chi connectivity index (χ4n) is 2.48. The number of aromatic nitrogens is 3. The topological polar surface area (TPSA) is 72.0 Å². The number of nitrogens with zero attached hydrogens (tertiary/aromatic N) is 3. The van der Waals surface area contributed by atoms with Gasteiger partial charge in [0.25, 0.3) is 0 Å². The van der Waals surface area contributed by atoms with E-state index in [-0.39, 0.29) is 0 Å². The first-order valence-electron chi connectivity index (χ1n) is 8.18. The maximum atomic E-state index is 5.37. The quantitative estimate of drug-likeness (QED) is 0.659. The summed E-state index contributed by atoms with van der Waals surface area (Å²) >= 11 is 0. The van der Waals surface area contributed by atoms with Gasteiger partial charge in [-0.25, -0.2) is 0 Å². The van der Waals surface area contributed by atoms with Crippen molar-refractivity contribution in [1.29, 1.82) is 0 Å². The van der Waals surface area contributed by atoms with Gasteiger partial charge in [-0.1, -0.05) is 48.5 Å². The van der Waals surface area contributed by atoms with Crippen molar-refractivity contribution < 1.29 is 4.74 Å². The second-order valence-corrected chi connectivity index (χ2v) is 5.49. The van der Waals surface area contributed by atoms with Crippen molar-refractivity contribution in [2.75, 3.05) is 24.3 Å². The van der Waals surface area contributed by atoms with E-state index in [1.807, 2.05) is 36.4 Å². The molecule has 0 saturated carbocycles. The molecule has 0 spiro atoms. The predicted molar refractivity (Wildman–Crippen MR) is 98.8 cm³/mol. The smallest absolute Gasteiger partial charge is 0.244 e.